The number of aryl methyl sites for hydroxylation is 1. The maximum Gasteiger partial charge on any atom is 0.257 e. The highest BCUT2D eigenvalue weighted by atomic mass is 19.1. The van der Waals surface area contributed by atoms with Crippen molar-refractivity contribution in [1.82, 2.24) is 15.0 Å². The molecule has 6 heteroatoms. The Morgan fingerprint density at radius 2 is 1.79 bits per heavy atom. The van der Waals surface area contributed by atoms with Crippen molar-refractivity contribution in [3.8, 4) is 11.5 Å². The molecule has 0 saturated carbocycles. The average molecular weight is 379 g/mol. The van der Waals surface area contributed by atoms with Crippen molar-refractivity contribution in [3.05, 3.63) is 71.8 Å². The molecule has 1 aliphatic heterocycles. The van der Waals surface area contributed by atoms with Crippen molar-refractivity contribution in [2.75, 3.05) is 13.1 Å². The van der Waals surface area contributed by atoms with Crippen LogP contribution in [0, 0.1) is 11.7 Å². The third-order valence-electron chi connectivity index (χ3n) is 5.26. The second-order valence-corrected chi connectivity index (χ2v) is 7.16. The summed E-state index contributed by atoms with van der Waals surface area (Å²) in [4.78, 5) is 18.9. The van der Waals surface area contributed by atoms with E-state index in [9.17, 15) is 9.18 Å². The van der Waals surface area contributed by atoms with Gasteiger partial charge in [0.15, 0.2) is 5.82 Å². The molecule has 0 atom stereocenters. The smallest absolute Gasteiger partial charge is 0.257 e. The molecule has 3 aromatic rings. The first-order valence-electron chi connectivity index (χ1n) is 9.62. The van der Waals surface area contributed by atoms with E-state index in [0.717, 1.165) is 44.3 Å². The van der Waals surface area contributed by atoms with Crippen LogP contribution >= 0.6 is 0 Å². The van der Waals surface area contributed by atoms with Crippen molar-refractivity contribution in [3.63, 3.8) is 0 Å². The number of benzene rings is 2. The molecule has 0 radical (unpaired) electrons. The summed E-state index contributed by atoms with van der Waals surface area (Å²) < 4.78 is 18.3. The first kappa shape index (κ1) is 18.3. The predicted molar refractivity (Wildman–Crippen MR) is 103 cm³/mol. The minimum absolute atomic E-state index is 0.112. The molecule has 5 nitrogen and oxygen atoms in total. The van der Waals surface area contributed by atoms with Crippen LogP contribution in [0.5, 0.6) is 0 Å². The molecule has 28 heavy (non-hydrogen) atoms. The van der Waals surface area contributed by atoms with Gasteiger partial charge in [0.1, 0.15) is 5.82 Å². The van der Waals surface area contributed by atoms with Gasteiger partial charge < -0.3 is 9.42 Å². The fourth-order valence-electron chi connectivity index (χ4n) is 3.59. The van der Waals surface area contributed by atoms with Gasteiger partial charge in [-0.15, -0.1) is 0 Å². The largest absolute Gasteiger partial charge is 0.339 e. The van der Waals surface area contributed by atoms with E-state index in [1.165, 1.54) is 12.1 Å². The summed E-state index contributed by atoms with van der Waals surface area (Å²) >= 11 is 0. The molecule has 2 aromatic carbocycles. The summed E-state index contributed by atoms with van der Waals surface area (Å²) in [6.45, 7) is 1.57. The van der Waals surface area contributed by atoms with Gasteiger partial charge in [-0.25, -0.2) is 4.39 Å². The molecular formula is C22H22FN3O2. The summed E-state index contributed by atoms with van der Waals surface area (Å²) in [7, 11) is 0. The molecular weight excluding hydrogens is 357 g/mol. The zero-order valence-electron chi connectivity index (χ0n) is 15.6. The van der Waals surface area contributed by atoms with E-state index in [2.05, 4.69) is 10.1 Å². The lowest BCUT2D eigenvalue weighted by Crippen LogP contribution is -2.38. The number of aromatic nitrogens is 2. The lowest BCUT2D eigenvalue weighted by atomic mass is 9.92. The third-order valence-corrected chi connectivity index (χ3v) is 5.26. The average Bonchev–Trinajstić information content (AvgIpc) is 3.22. The number of amides is 1. The highest BCUT2D eigenvalue weighted by Gasteiger charge is 2.24. The molecule has 144 valence electrons. The quantitative estimate of drug-likeness (QED) is 0.661. The molecule has 0 spiro atoms. The second kappa shape index (κ2) is 8.33. The third kappa shape index (κ3) is 4.27. The summed E-state index contributed by atoms with van der Waals surface area (Å²) in [5.41, 5.74) is 1.47. The van der Waals surface area contributed by atoms with Gasteiger partial charge in [0, 0.05) is 30.6 Å². The summed E-state index contributed by atoms with van der Waals surface area (Å²) in [5.74, 6) is 1.45. The van der Waals surface area contributed by atoms with Gasteiger partial charge in [-0.3, -0.25) is 4.79 Å². The van der Waals surface area contributed by atoms with Crippen LogP contribution in [0.4, 0.5) is 4.39 Å². The van der Waals surface area contributed by atoms with Crippen molar-refractivity contribution in [2.45, 2.75) is 25.7 Å². The Hall–Kier alpha value is -3.02. The zero-order valence-corrected chi connectivity index (χ0v) is 15.6. The molecule has 1 amide bonds. The maximum absolute atomic E-state index is 13.0. The lowest BCUT2D eigenvalue weighted by molar-refractivity contribution is 0.0686. The number of nitrogens with zero attached hydrogens (tertiary/aromatic N) is 3. The Bertz CT molecular complexity index is 916. The minimum Gasteiger partial charge on any atom is -0.339 e. The normalized spacial score (nSPS) is 15.0. The molecule has 1 fully saturated rings. The van der Waals surface area contributed by atoms with Crippen molar-refractivity contribution < 1.29 is 13.7 Å². The van der Waals surface area contributed by atoms with Crippen molar-refractivity contribution in [1.29, 1.82) is 0 Å². The monoisotopic (exact) mass is 379 g/mol. The maximum atomic E-state index is 13.0. The fourth-order valence-corrected chi connectivity index (χ4v) is 3.59. The predicted octanol–water partition coefficient (Wildman–Crippen LogP) is 4.36. The van der Waals surface area contributed by atoms with Crippen LogP contribution in [0.3, 0.4) is 0 Å². The fraction of sp³-hybridized carbons (Fsp3) is 0.318. The number of hydrogen-bond donors (Lipinski definition) is 0. The molecule has 0 unspecified atom stereocenters. The summed E-state index contributed by atoms with van der Waals surface area (Å²) in [6.07, 6.45) is 3.68. The number of hydrogen-bond acceptors (Lipinski definition) is 4. The lowest BCUT2D eigenvalue weighted by Gasteiger charge is -2.32. The van der Waals surface area contributed by atoms with E-state index < -0.39 is 0 Å². The second-order valence-electron chi connectivity index (χ2n) is 7.16. The minimum atomic E-state index is -0.291. The van der Waals surface area contributed by atoms with Gasteiger partial charge >= 0.3 is 0 Å². The number of rotatable bonds is 5. The molecule has 0 bridgehead atoms. The SMILES string of the molecule is O=C(c1ccccc1)N1CCC(CCc2noc(-c3ccc(F)cc3)n2)CC1. The van der Waals surface area contributed by atoms with E-state index >= 15 is 0 Å². The van der Waals surface area contributed by atoms with Crippen LogP contribution in [-0.4, -0.2) is 34.0 Å². The molecule has 1 saturated heterocycles. The van der Waals surface area contributed by atoms with E-state index in [-0.39, 0.29) is 11.7 Å². The van der Waals surface area contributed by atoms with Crippen molar-refractivity contribution >= 4 is 5.91 Å². The van der Waals surface area contributed by atoms with Crippen LogP contribution in [0.15, 0.2) is 59.1 Å². The Labute approximate surface area is 163 Å². The first-order valence-corrected chi connectivity index (χ1v) is 9.62. The molecule has 0 N–H and O–H groups in total. The number of piperidine rings is 1. The van der Waals surface area contributed by atoms with Crippen molar-refractivity contribution in [2.24, 2.45) is 5.92 Å². The van der Waals surface area contributed by atoms with E-state index in [4.69, 9.17) is 4.52 Å². The van der Waals surface area contributed by atoms with Gasteiger partial charge in [-0.05, 0) is 61.6 Å². The Balaban J connectivity index is 1.27. The topological polar surface area (TPSA) is 59.2 Å². The van der Waals surface area contributed by atoms with Gasteiger partial charge in [-0.1, -0.05) is 23.4 Å². The number of carbonyl (C=O) groups is 1. The summed E-state index contributed by atoms with van der Waals surface area (Å²) in [5, 5.41) is 4.04. The van der Waals surface area contributed by atoms with E-state index in [0.29, 0.717) is 23.2 Å². The Morgan fingerprint density at radius 1 is 1.07 bits per heavy atom. The van der Waals surface area contributed by atoms with Gasteiger partial charge in [0.25, 0.3) is 11.8 Å². The molecule has 1 aliphatic rings. The standard InChI is InChI=1S/C22H22FN3O2/c23-19-9-7-17(8-10-19)21-24-20(25-28-21)11-6-16-12-14-26(15-13-16)22(27)18-4-2-1-3-5-18/h1-5,7-10,16H,6,11-15H2. The van der Waals surface area contributed by atoms with Crippen LogP contribution in [-0.2, 0) is 6.42 Å². The Morgan fingerprint density at radius 3 is 2.50 bits per heavy atom. The van der Waals surface area contributed by atoms with Crippen LogP contribution in [0.1, 0.15) is 35.4 Å². The van der Waals surface area contributed by atoms with Gasteiger partial charge in [0.05, 0.1) is 0 Å². The number of halogens is 1. The van der Waals surface area contributed by atoms with Crippen LogP contribution in [0.25, 0.3) is 11.5 Å². The highest BCUT2D eigenvalue weighted by Crippen LogP contribution is 2.24. The van der Waals surface area contributed by atoms with Crippen LogP contribution < -0.4 is 0 Å². The van der Waals surface area contributed by atoms with Gasteiger partial charge in [-0.2, -0.15) is 4.98 Å². The molecule has 1 aromatic heterocycles. The number of likely N-dealkylation sites (tertiary alicyclic amines) is 1. The molecule has 0 aliphatic carbocycles. The summed E-state index contributed by atoms with van der Waals surface area (Å²) in [6, 6.07) is 15.5. The number of carbonyl (C=O) groups excluding carboxylic acids is 1. The van der Waals surface area contributed by atoms with Gasteiger partial charge in [0.2, 0.25) is 0 Å². The Kier molecular flexibility index (Phi) is 5.46. The molecule has 4 rings (SSSR count). The molecule has 2 heterocycles. The van der Waals surface area contributed by atoms with Crippen LogP contribution in [0.2, 0.25) is 0 Å². The first-order chi connectivity index (χ1) is 13.7. The zero-order chi connectivity index (χ0) is 19.3. The van der Waals surface area contributed by atoms with E-state index in [1.807, 2.05) is 35.2 Å². The highest BCUT2D eigenvalue weighted by molar-refractivity contribution is 5.94. The van der Waals surface area contributed by atoms with E-state index in [1.54, 1.807) is 12.1 Å².